The molecule has 1 saturated heterocycles. The minimum absolute atomic E-state index is 0. The highest BCUT2D eigenvalue weighted by Gasteiger charge is 2.20. The summed E-state index contributed by atoms with van der Waals surface area (Å²) < 4.78 is 0.899. The van der Waals surface area contributed by atoms with E-state index in [1.807, 2.05) is 6.07 Å². The third-order valence-electron chi connectivity index (χ3n) is 2.98. The highest BCUT2D eigenvalue weighted by Crippen LogP contribution is 2.10. The van der Waals surface area contributed by atoms with Crippen LogP contribution in [0.4, 0.5) is 5.82 Å². The molecule has 0 radical (unpaired) electrons. The van der Waals surface area contributed by atoms with Gasteiger partial charge >= 0.3 is 0 Å². The van der Waals surface area contributed by atoms with E-state index in [9.17, 15) is 4.79 Å². The van der Waals surface area contributed by atoms with Crippen molar-refractivity contribution in [1.29, 1.82) is 0 Å². The molecule has 1 aliphatic rings. The molecule has 1 atom stereocenters. The Bertz CT molecular complexity index is 418. The number of nitrogens with zero attached hydrogens (tertiary/aromatic N) is 2. The fraction of sp³-hybridized carbons (Fsp3) is 0.500. The number of halogens is 3. The van der Waals surface area contributed by atoms with Crippen LogP contribution in [-0.2, 0) is 4.79 Å². The van der Waals surface area contributed by atoms with Gasteiger partial charge in [0.05, 0.1) is 6.54 Å². The predicted molar refractivity (Wildman–Crippen MR) is 89.0 cm³/mol. The molecular formula is C12H19BrCl2N4O. The van der Waals surface area contributed by atoms with Crippen molar-refractivity contribution in [3.63, 3.8) is 0 Å². The van der Waals surface area contributed by atoms with Gasteiger partial charge in [-0.2, -0.15) is 0 Å². The number of hydrogen-bond donors (Lipinski definition) is 2. The molecule has 1 aromatic rings. The van der Waals surface area contributed by atoms with Crippen molar-refractivity contribution in [2.24, 2.45) is 0 Å². The maximum absolute atomic E-state index is 11.9. The van der Waals surface area contributed by atoms with Crippen LogP contribution >= 0.6 is 40.7 Å². The fourth-order valence-electron chi connectivity index (χ4n) is 1.93. The average molecular weight is 386 g/mol. The van der Waals surface area contributed by atoms with Crippen LogP contribution in [0.15, 0.2) is 22.8 Å². The minimum Gasteiger partial charge on any atom is -0.314 e. The molecule has 5 nitrogen and oxygen atoms in total. The summed E-state index contributed by atoms with van der Waals surface area (Å²) in [6.07, 6.45) is 1.67. The summed E-state index contributed by atoms with van der Waals surface area (Å²) in [6, 6.07) is 4.03. The number of hydrogen-bond acceptors (Lipinski definition) is 4. The highest BCUT2D eigenvalue weighted by atomic mass is 79.9. The lowest BCUT2D eigenvalue weighted by Gasteiger charge is -2.33. The SMILES string of the molecule is C[C@@H]1CNCCN1CC(=O)Nc1ccc(Br)cn1.Cl.Cl. The quantitative estimate of drug-likeness (QED) is 0.834. The Balaban J connectivity index is 0.00000180. The van der Waals surface area contributed by atoms with Crippen LogP contribution in [-0.4, -0.2) is 48.0 Å². The smallest absolute Gasteiger partial charge is 0.239 e. The molecule has 1 aromatic heterocycles. The molecular weight excluding hydrogens is 367 g/mol. The Morgan fingerprint density at radius 1 is 1.55 bits per heavy atom. The van der Waals surface area contributed by atoms with Gasteiger partial charge in [-0.1, -0.05) is 0 Å². The predicted octanol–water partition coefficient (Wildman–Crippen LogP) is 1.92. The largest absolute Gasteiger partial charge is 0.314 e. The average Bonchev–Trinajstić information content (AvgIpc) is 2.35. The van der Waals surface area contributed by atoms with Gasteiger partial charge in [0.25, 0.3) is 0 Å². The summed E-state index contributed by atoms with van der Waals surface area (Å²) in [4.78, 5) is 18.2. The molecule has 8 heteroatoms. The third-order valence-corrected chi connectivity index (χ3v) is 3.45. The van der Waals surface area contributed by atoms with E-state index < -0.39 is 0 Å². The summed E-state index contributed by atoms with van der Waals surface area (Å²) in [5, 5.41) is 6.11. The number of rotatable bonds is 3. The summed E-state index contributed by atoms with van der Waals surface area (Å²) >= 11 is 3.31. The lowest BCUT2D eigenvalue weighted by Crippen LogP contribution is -2.52. The molecule has 1 amide bonds. The van der Waals surface area contributed by atoms with Gasteiger partial charge < -0.3 is 10.6 Å². The second-order valence-corrected chi connectivity index (χ2v) is 5.35. The first kappa shape index (κ1) is 19.6. The number of anilines is 1. The Morgan fingerprint density at radius 3 is 2.90 bits per heavy atom. The standard InChI is InChI=1S/C12H17BrN4O.2ClH/c1-9-6-14-4-5-17(9)8-12(18)16-11-3-2-10(13)7-15-11;;/h2-3,7,9,14H,4-6,8H2,1H3,(H,15,16,18);2*1H/t9-;;/m1../s1. The van der Waals surface area contributed by atoms with Crippen LogP contribution in [0.25, 0.3) is 0 Å². The lowest BCUT2D eigenvalue weighted by molar-refractivity contribution is -0.118. The van der Waals surface area contributed by atoms with Gasteiger partial charge in [0.15, 0.2) is 0 Å². The van der Waals surface area contributed by atoms with E-state index in [2.05, 4.69) is 43.4 Å². The molecule has 114 valence electrons. The van der Waals surface area contributed by atoms with Gasteiger partial charge in [-0.3, -0.25) is 9.69 Å². The first-order valence-electron chi connectivity index (χ1n) is 6.01. The first-order chi connectivity index (χ1) is 8.65. The van der Waals surface area contributed by atoms with E-state index in [0.717, 1.165) is 24.1 Å². The minimum atomic E-state index is -0.0152. The zero-order valence-electron chi connectivity index (χ0n) is 11.1. The molecule has 0 saturated carbocycles. The number of amides is 1. The Hall–Kier alpha value is -0.400. The number of piperazine rings is 1. The number of aromatic nitrogens is 1. The van der Waals surface area contributed by atoms with Crippen LogP contribution in [0.2, 0.25) is 0 Å². The van der Waals surface area contributed by atoms with E-state index in [1.165, 1.54) is 0 Å². The van der Waals surface area contributed by atoms with Crippen molar-refractivity contribution < 1.29 is 4.79 Å². The molecule has 2 rings (SSSR count). The topological polar surface area (TPSA) is 57.3 Å². The van der Waals surface area contributed by atoms with Crippen molar-refractivity contribution in [3.8, 4) is 0 Å². The van der Waals surface area contributed by atoms with Gasteiger partial charge in [0.1, 0.15) is 5.82 Å². The van der Waals surface area contributed by atoms with Crippen molar-refractivity contribution in [3.05, 3.63) is 22.8 Å². The summed E-state index contributed by atoms with van der Waals surface area (Å²) in [5.41, 5.74) is 0. The van der Waals surface area contributed by atoms with Crippen LogP contribution in [0.3, 0.4) is 0 Å². The molecule has 2 heterocycles. The van der Waals surface area contributed by atoms with E-state index >= 15 is 0 Å². The second kappa shape index (κ2) is 9.52. The summed E-state index contributed by atoms with van der Waals surface area (Å²) in [6.45, 7) is 5.32. The Labute approximate surface area is 139 Å². The molecule has 2 N–H and O–H groups in total. The lowest BCUT2D eigenvalue weighted by atomic mass is 10.2. The number of pyridine rings is 1. The second-order valence-electron chi connectivity index (χ2n) is 4.43. The van der Waals surface area contributed by atoms with Crippen LogP contribution in [0, 0.1) is 0 Å². The number of carbonyl (C=O) groups is 1. The summed E-state index contributed by atoms with van der Waals surface area (Å²) in [5.74, 6) is 0.574. The number of nitrogens with one attached hydrogen (secondary N) is 2. The zero-order chi connectivity index (χ0) is 13.0. The number of carbonyl (C=O) groups excluding carboxylic acids is 1. The zero-order valence-corrected chi connectivity index (χ0v) is 14.4. The van der Waals surface area contributed by atoms with E-state index in [0.29, 0.717) is 18.4 Å². The van der Waals surface area contributed by atoms with Crippen LogP contribution in [0.1, 0.15) is 6.92 Å². The normalized spacial score (nSPS) is 18.6. The Kier molecular flexibility index (Phi) is 9.33. The van der Waals surface area contributed by atoms with Crippen LogP contribution < -0.4 is 10.6 Å². The molecule has 0 spiro atoms. The van der Waals surface area contributed by atoms with Gasteiger partial charge in [0.2, 0.25) is 5.91 Å². The van der Waals surface area contributed by atoms with Crippen molar-refractivity contribution in [2.45, 2.75) is 13.0 Å². The monoisotopic (exact) mass is 384 g/mol. The molecule has 20 heavy (non-hydrogen) atoms. The summed E-state index contributed by atoms with van der Waals surface area (Å²) in [7, 11) is 0. The third kappa shape index (κ3) is 5.93. The van der Waals surface area contributed by atoms with E-state index in [4.69, 9.17) is 0 Å². The molecule has 0 bridgehead atoms. The molecule has 1 fully saturated rings. The maximum atomic E-state index is 11.9. The maximum Gasteiger partial charge on any atom is 0.239 e. The molecule has 0 unspecified atom stereocenters. The van der Waals surface area contributed by atoms with Gasteiger partial charge in [-0.05, 0) is 35.0 Å². The molecule has 1 aliphatic heterocycles. The van der Waals surface area contributed by atoms with Gasteiger partial charge in [-0.15, -0.1) is 24.8 Å². The molecule has 0 aromatic carbocycles. The highest BCUT2D eigenvalue weighted by molar-refractivity contribution is 9.10. The first-order valence-corrected chi connectivity index (χ1v) is 6.80. The van der Waals surface area contributed by atoms with Gasteiger partial charge in [-0.25, -0.2) is 4.98 Å². The van der Waals surface area contributed by atoms with E-state index in [-0.39, 0.29) is 30.7 Å². The van der Waals surface area contributed by atoms with Crippen molar-refractivity contribution in [2.75, 3.05) is 31.5 Å². The van der Waals surface area contributed by atoms with Gasteiger partial charge in [0, 0.05) is 36.3 Å². The van der Waals surface area contributed by atoms with Crippen LogP contribution in [0.5, 0.6) is 0 Å². The van der Waals surface area contributed by atoms with Crippen molar-refractivity contribution in [1.82, 2.24) is 15.2 Å². The van der Waals surface area contributed by atoms with E-state index in [1.54, 1.807) is 12.3 Å². The molecule has 0 aliphatic carbocycles. The Morgan fingerprint density at radius 2 is 2.30 bits per heavy atom. The fourth-order valence-corrected chi connectivity index (χ4v) is 2.17. The van der Waals surface area contributed by atoms with Crippen molar-refractivity contribution >= 4 is 52.5 Å².